The minimum absolute atomic E-state index is 0.0307. The quantitative estimate of drug-likeness (QED) is 0.833. The van der Waals surface area contributed by atoms with Gasteiger partial charge in [-0.25, -0.2) is 4.39 Å². The van der Waals surface area contributed by atoms with E-state index in [9.17, 15) is 9.18 Å². The van der Waals surface area contributed by atoms with Crippen LogP contribution in [0, 0.1) is 5.82 Å². The molecule has 0 atom stereocenters. The Balaban J connectivity index is 2.20. The molecule has 5 heteroatoms. The van der Waals surface area contributed by atoms with Gasteiger partial charge in [0.05, 0.1) is 26.4 Å². The Morgan fingerprint density at radius 2 is 2.31 bits per heavy atom. The summed E-state index contributed by atoms with van der Waals surface area (Å²) >= 11 is 0. The summed E-state index contributed by atoms with van der Waals surface area (Å²) in [7, 11) is 1.40. The molecule has 86 valence electrons. The predicted octanol–water partition coefficient (Wildman–Crippen LogP) is 0.963. The van der Waals surface area contributed by atoms with Gasteiger partial charge in [0.2, 0.25) is 0 Å². The van der Waals surface area contributed by atoms with Gasteiger partial charge in [-0.1, -0.05) is 6.07 Å². The molecule has 0 aromatic heterocycles. The summed E-state index contributed by atoms with van der Waals surface area (Å²) in [5, 5.41) is 2.66. The lowest BCUT2D eigenvalue weighted by atomic mass is 10.1. The lowest BCUT2D eigenvalue weighted by Crippen LogP contribution is -2.48. The first-order valence-electron chi connectivity index (χ1n) is 4.93. The highest BCUT2D eigenvalue weighted by Gasteiger charge is 2.24. The van der Waals surface area contributed by atoms with Gasteiger partial charge in [-0.15, -0.1) is 0 Å². The second-order valence-electron chi connectivity index (χ2n) is 3.52. The van der Waals surface area contributed by atoms with E-state index < -0.39 is 11.7 Å². The van der Waals surface area contributed by atoms with Crippen molar-refractivity contribution in [2.75, 3.05) is 20.3 Å². The molecule has 0 aliphatic carbocycles. The van der Waals surface area contributed by atoms with Crippen LogP contribution in [-0.2, 0) is 4.74 Å². The van der Waals surface area contributed by atoms with Crippen LogP contribution in [0.25, 0.3) is 0 Å². The molecule has 4 nitrogen and oxygen atoms in total. The van der Waals surface area contributed by atoms with Gasteiger partial charge >= 0.3 is 0 Å². The fourth-order valence-corrected chi connectivity index (χ4v) is 1.47. The molecule has 16 heavy (non-hydrogen) atoms. The minimum atomic E-state index is -0.586. The maximum atomic E-state index is 13.5. The van der Waals surface area contributed by atoms with Crippen LogP contribution in [0.1, 0.15) is 10.4 Å². The maximum absolute atomic E-state index is 13.5. The zero-order valence-electron chi connectivity index (χ0n) is 8.83. The smallest absolute Gasteiger partial charge is 0.258 e. The number of rotatable bonds is 3. The first-order chi connectivity index (χ1) is 7.72. The highest BCUT2D eigenvalue weighted by atomic mass is 19.1. The molecule has 1 saturated heterocycles. The largest absolute Gasteiger partial charge is 0.496 e. The van der Waals surface area contributed by atoms with Gasteiger partial charge in [0, 0.05) is 0 Å². The number of hydrogen-bond acceptors (Lipinski definition) is 3. The van der Waals surface area contributed by atoms with Crippen molar-refractivity contribution < 1.29 is 18.7 Å². The monoisotopic (exact) mass is 225 g/mol. The van der Waals surface area contributed by atoms with Crippen LogP contribution in [0.3, 0.4) is 0 Å². The molecule has 1 aromatic rings. The molecule has 1 heterocycles. The molecule has 1 aromatic carbocycles. The van der Waals surface area contributed by atoms with Crippen LogP contribution in [0.2, 0.25) is 0 Å². The molecule has 1 fully saturated rings. The van der Waals surface area contributed by atoms with Crippen LogP contribution < -0.4 is 10.1 Å². The Morgan fingerprint density at radius 3 is 2.88 bits per heavy atom. The summed E-state index contributed by atoms with van der Waals surface area (Å²) in [5.74, 6) is -0.821. The number of methoxy groups -OCH3 is 1. The minimum Gasteiger partial charge on any atom is -0.496 e. The van der Waals surface area contributed by atoms with Crippen molar-refractivity contribution in [2.24, 2.45) is 0 Å². The number of hydrogen-bond donors (Lipinski definition) is 1. The summed E-state index contributed by atoms with van der Waals surface area (Å²) in [6.45, 7) is 0.949. The predicted molar refractivity (Wildman–Crippen MR) is 55.0 cm³/mol. The van der Waals surface area contributed by atoms with Gasteiger partial charge in [0.25, 0.3) is 5.91 Å². The fourth-order valence-electron chi connectivity index (χ4n) is 1.47. The van der Waals surface area contributed by atoms with Crippen molar-refractivity contribution in [3.05, 3.63) is 29.6 Å². The molecule has 1 aliphatic rings. The lowest BCUT2D eigenvalue weighted by Gasteiger charge is -2.27. The molecule has 0 unspecified atom stereocenters. The normalized spacial score (nSPS) is 15.4. The molecule has 0 saturated carbocycles. The Bertz CT molecular complexity index is 404. The summed E-state index contributed by atoms with van der Waals surface area (Å²) in [5.41, 5.74) is -0.0584. The third-order valence-electron chi connectivity index (χ3n) is 2.40. The SMILES string of the molecule is COc1cccc(F)c1C(=O)NC1COC1. The van der Waals surface area contributed by atoms with Crippen LogP contribution >= 0.6 is 0 Å². The van der Waals surface area contributed by atoms with Crippen LogP contribution in [-0.4, -0.2) is 32.3 Å². The van der Waals surface area contributed by atoms with Crippen LogP contribution in [0.15, 0.2) is 18.2 Å². The Kier molecular flexibility index (Phi) is 3.05. The Morgan fingerprint density at radius 1 is 1.56 bits per heavy atom. The van der Waals surface area contributed by atoms with E-state index in [1.165, 1.54) is 19.2 Å². The van der Waals surface area contributed by atoms with E-state index in [-0.39, 0.29) is 17.4 Å². The zero-order chi connectivity index (χ0) is 11.5. The molecule has 1 amide bonds. The van der Waals surface area contributed by atoms with Gasteiger partial charge in [-0.05, 0) is 12.1 Å². The van der Waals surface area contributed by atoms with E-state index in [0.29, 0.717) is 13.2 Å². The third-order valence-corrected chi connectivity index (χ3v) is 2.40. The highest BCUT2D eigenvalue weighted by molar-refractivity contribution is 5.97. The maximum Gasteiger partial charge on any atom is 0.258 e. The molecule has 0 spiro atoms. The van der Waals surface area contributed by atoms with Gasteiger partial charge in [-0.3, -0.25) is 4.79 Å². The first-order valence-corrected chi connectivity index (χ1v) is 4.93. The molecule has 0 bridgehead atoms. The standard InChI is InChI=1S/C11H12FNO3/c1-15-9-4-2-3-8(12)10(9)11(14)13-7-5-16-6-7/h2-4,7H,5-6H2,1H3,(H,13,14). The fraction of sp³-hybridized carbons (Fsp3) is 0.364. The summed E-state index contributed by atoms with van der Waals surface area (Å²) < 4.78 is 23.4. The zero-order valence-corrected chi connectivity index (χ0v) is 8.83. The molecular weight excluding hydrogens is 213 g/mol. The van der Waals surface area contributed by atoms with Gasteiger partial charge < -0.3 is 14.8 Å². The lowest BCUT2D eigenvalue weighted by molar-refractivity contribution is -0.00357. The number of nitrogens with one attached hydrogen (secondary N) is 1. The average Bonchev–Trinajstić information content (AvgIpc) is 2.22. The molecule has 1 aliphatic heterocycles. The van der Waals surface area contributed by atoms with E-state index in [4.69, 9.17) is 9.47 Å². The van der Waals surface area contributed by atoms with E-state index in [1.54, 1.807) is 6.07 Å². The second kappa shape index (κ2) is 4.49. The van der Waals surface area contributed by atoms with Crippen molar-refractivity contribution >= 4 is 5.91 Å². The van der Waals surface area contributed by atoms with E-state index in [2.05, 4.69) is 5.32 Å². The number of halogens is 1. The third kappa shape index (κ3) is 1.99. The first kappa shape index (κ1) is 10.9. The van der Waals surface area contributed by atoms with Crippen LogP contribution in [0.5, 0.6) is 5.75 Å². The summed E-state index contributed by atoms with van der Waals surface area (Å²) in [6.07, 6.45) is 0. The molecule has 0 radical (unpaired) electrons. The molecule has 2 rings (SSSR count). The Hall–Kier alpha value is -1.62. The average molecular weight is 225 g/mol. The molecular formula is C11H12FNO3. The summed E-state index contributed by atoms with van der Waals surface area (Å²) in [4.78, 5) is 11.8. The number of carbonyl (C=O) groups excluding carboxylic acids is 1. The van der Waals surface area contributed by atoms with Gasteiger partial charge in [0.1, 0.15) is 17.1 Å². The highest BCUT2D eigenvalue weighted by Crippen LogP contribution is 2.21. The van der Waals surface area contributed by atoms with Crippen molar-refractivity contribution in [1.82, 2.24) is 5.32 Å². The number of amides is 1. The van der Waals surface area contributed by atoms with Crippen molar-refractivity contribution in [3.63, 3.8) is 0 Å². The van der Waals surface area contributed by atoms with Crippen molar-refractivity contribution in [3.8, 4) is 5.75 Å². The van der Waals surface area contributed by atoms with Crippen molar-refractivity contribution in [1.29, 1.82) is 0 Å². The Labute approximate surface area is 92.4 Å². The number of benzene rings is 1. The topological polar surface area (TPSA) is 47.6 Å². The van der Waals surface area contributed by atoms with Crippen molar-refractivity contribution in [2.45, 2.75) is 6.04 Å². The number of ether oxygens (including phenoxy) is 2. The van der Waals surface area contributed by atoms with Crippen LogP contribution in [0.4, 0.5) is 4.39 Å². The van der Waals surface area contributed by atoms with Gasteiger partial charge in [0.15, 0.2) is 0 Å². The van der Waals surface area contributed by atoms with E-state index in [0.717, 1.165) is 0 Å². The second-order valence-corrected chi connectivity index (χ2v) is 3.52. The molecule has 1 N–H and O–H groups in total. The summed E-state index contributed by atoms with van der Waals surface area (Å²) in [6, 6.07) is 4.25. The van der Waals surface area contributed by atoms with E-state index in [1.807, 2.05) is 0 Å². The van der Waals surface area contributed by atoms with E-state index >= 15 is 0 Å². The number of carbonyl (C=O) groups is 1. The van der Waals surface area contributed by atoms with Gasteiger partial charge in [-0.2, -0.15) is 0 Å².